The van der Waals surface area contributed by atoms with Crippen molar-refractivity contribution in [2.24, 2.45) is 5.92 Å². The fourth-order valence-electron chi connectivity index (χ4n) is 2.65. The van der Waals surface area contributed by atoms with Crippen LogP contribution in [0.4, 0.5) is 5.69 Å². The number of nitro benzene ring substituents is 1. The highest BCUT2D eigenvalue weighted by molar-refractivity contribution is 5.94. The minimum Gasteiger partial charge on any atom is -0.352 e. The number of benzene rings is 1. The number of non-ortho nitro benzene ring substituents is 1. The molecule has 1 aliphatic heterocycles. The Labute approximate surface area is 130 Å². The van der Waals surface area contributed by atoms with Crippen molar-refractivity contribution >= 4 is 11.6 Å². The molecule has 1 N–H and O–H groups in total. The number of hydrogen-bond acceptors (Lipinski definition) is 4. The third-order valence-electron chi connectivity index (χ3n) is 4.13. The van der Waals surface area contributed by atoms with E-state index in [0.717, 1.165) is 32.0 Å². The van der Waals surface area contributed by atoms with Crippen molar-refractivity contribution < 1.29 is 9.72 Å². The lowest BCUT2D eigenvalue weighted by molar-refractivity contribution is -0.384. The molecule has 2 rings (SSSR count). The Balaban J connectivity index is 1.71. The lowest BCUT2D eigenvalue weighted by atomic mass is 9.99. The van der Waals surface area contributed by atoms with Gasteiger partial charge >= 0.3 is 0 Å². The van der Waals surface area contributed by atoms with Crippen molar-refractivity contribution in [1.82, 2.24) is 10.2 Å². The van der Waals surface area contributed by atoms with Gasteiger partial charge in [0.2, 0.25) is 0 Å². The first kappa shape index (κ1) is 16.4. The molecular formula is C16H23N3O3. The highest BCUT2D eigenvalue weighted by Crippen LogP contribution is 2.16. The number of rotatable bonds is 6. The molecule has 120 valence electrons. The van der Waals surface area contributed by atoms with Gasteiger partial charge in [0.05, 0.1) is 4.92 Å². The summed E-state index contributed by atoms with van der Waals surface area (Å²) in [5, 5.41) is 13.5. The van der Waals surface area contributed by atoms with Gasteiger partial charge < -0.3 is 10.2 Å². The number of nitro groups is 1. The number of carbonyl (C=O) groups excluding carboxylic acids is 1. The smallest absolute Gasteiger partial charge is 0.270 e. The number of piperidine rings is 1. The number of carbonyl (C=O) groups is 1. The predicted molar refractivity (Wildman–Crippen MR) is 84.9 cm³/mol. The van der Waals surface area contributed by atoms with Crippen molar-refractivity contribution in [1.29, 1.82) is 0 Å². The summed E-state index contributed by atoms with van der Waals surface area (Å²) in [6.45, 7) is 6.14. The number of nitrogens with zero attached hydrogens (tertiary/aromatic N) is 2. The normalized spacial score (nSPS) is 16.4. The molecule has 1 heterocycles. The molecule has 1 fully saturated rings. The Morgan fingerprint density at radius 2 is 2.14 bits per heavy atom. The zero-order valence-corrected chi connectivity index (χ0v) is 13.0. The van der Waals surface area contributed by atoms with Crippen LogP contribution in [0.1, 0.15) is 36.5 Å². The Morgan fingerprint density at radius 1 is 1.41 bits per heavy atom. The van der Waals surface area contributed by atoms with Crippen LogP contribution in [-0.4, -0.2) is 41.9 Å². The molecular weight excluding hydrogens is 282 g/mol. The molecule has 1 amide bonds. The molecule has 6 heteroatoms. The summed E-state index contributed by atoms with van der Waals surface area (Å²) in [6.07, 6.45) is 3.40. The number of likely N-dealkylation sites (tertiary alicyclic amines) is 1. The van der Waals surface area contributed by atoms with Gasteiger partial charge in [-0.25, -0.2) is 0 Å². The van der Waals surface area contributed by atoms with E-state index in [0.29, 0.717) is 12.1 Å². The van der Waals surface area contributed by atoms with E-state index in [1.165, 1.54) is 31.0 Å². The molecule has 0 radical (unpaired) electrons. The van der Waals surface area contributed by atoms with Gasteiger partial charge in [0.1, 0.15) is 0 Å². The average molecular weight is 305 g/mol. The second-order valence-corrected chi connectivity index (χ2v) is 5.94. The average Bonchev–Trinajstić information content (AvgIpc) is 2.53. The Bertz CT molecular complexity index is 525. The Morgan fingerprint density at radius 3 is 2.82 bits per heavy atom. The van der Waals surface area contributed by atoms with Crippen LogP contribution in [0.2, 0.25) is 0 Å². The van der Waals surface area contributed by atoms with Crippen LogP contribution in [0, 0.1) is 16.0 Å². The second kappa shape index (κ2) is 7.89. The molecule has 0 bridgehead atoms. The number of hydrogen-bond donors (Lipinski definition) is 1. The van der Waals surface area contributed by atoms with E-state index < -0.39 is 4.92 Å². The molecule has 0 atom stereocenters. The van der Waals surface area contributed by atoms with E-state index in [1.807, 2.05) is 0 Å². The molecule has 1 aromatic rings. The summed E-state index contributed by atoms with van der Waals surface area (Å²) in [5.41, 5.74) is 0.274. The maximum atomic E-state index is 12.0. The highest BCUT2D eigenvalue weighted by Gasteiger charge is 2.15. The first-order valence-corrected chi connectivity index (χ1v) is 7.81. The van der Waals surface area contributed by atoms with Crippen molar-refractivity contribution in [2.75, 3.05) is 26.2 Å². The molecule has 0 aromatic heterocycles. The maximum absolute atomic E-state index is 12.0. The maximum Gasteiger partial charge on any atom is 0.270 e. The van der Waals surface area contributed by atoms with Crippen molar-refractivity contribution in [3.8, 4) is 0 Å². The van der Waals surface area contributed by atoms with E-state index in [1.54, 1.807) is 6.07 Å². The molecule has 0 saturated carbocycles. The molecule has 1 saturated heterocycles. The van der Waals surface area contributed by atoms with Crippen LogP contribution in [0.5, 0.6) is 0 Å². The first-order valence-electron chi connectivity index (χ1n) is 7.81. The minimum atomic E-state index is -0.492. The van der Waals surface area contributed by atoms with Crippen LogP contribution in [0.25, 0.3) is 0 Å². The van der Waals surface area contributed by atoms with Gasteiger partial charge in [-0.1, -0.05) is 13.0 Å². The van der Waals surface area contributed by atoms with Crippen LogP contribution >= 0.6 is 0 Å². The summed E-state index contributed by atoms with van der Waals surface area (Å²) in [7, 11) is 0. The van der Waals surface area contributed by atoms with Gasteiger partial charge in [-0.05, 0) is 50.9 Å². The van der Waals surface area contributed by atoms with E-state index >= 15 is 0 Å². The summed E-state index contributed by atoms with van der Waals surface area (Å²) in [5.74, 6) is 0.570. The fourth-order valence-corrected chi connectivity index (χ4v) is 2.65. The standard InChI is InChI=1S/C16H23N3O3/c1-13-6-10-18(11-7-13)9-3-8-17-16(20)14-4-2-5-15(12-14)19(21)22/h2,4-5,12-13H,3,6-11H2,1H3,(H,17,20). The van der Waals surface area contributed by atoms with E-state index in [2.05, 4.69) is 17.1 Å². The molecule has 0 spiro atoms. The van der Waals surface area contributed by atoms with Crippen molar-refractivity contribution in [3.63, 3.8) is 0 Å². The monoisotopic (exact) mass is 305 g/mol. The first-order chi connectivity index (χ1) is 10.6. The van der Waals surface area contributed by atoms with E-state index in [4.69, 9.17) is 0 Å². The molecule has 0 aliphatic carbocycles. The third kappa shape index (κ3) is 4.80. The SMILES string of the molecule is CC1CCN(CCCNC(=O)c2cccc([N+](=O)[O-])c2)CC1. The van der Waals surface area contributed by atoms with Crippen LogP contribution in [-0.2, 0) is 0 Å². The van der Waals surface area contributed by atoms with Gasteiger partial charge in [0.25, 0.3) is 11.6 Å². The Kier molecular flexibility index (Phi) is 5.89. The molecule has 1 aliphatic rings. The topological polar surface area (TPSA) is 75.5 Å². The van der Waals surface area contributed by atoms with Gasteiger partial charge in [0, 0.05) is 24.2 Å². The van der Waals surface area contributed by atoms with E-state index in [-0.39, 0.29) is 11.6 Å². The largest absolute Gasteiger partial charge is 0.352 e. The molecule has 0 unspecified atom stereocenters. The van der Waals surface area contributed by atoms with Gasteiger partial charge in [-0.15, -0.1) is 0 Å². The van der Waals surface area contributed by atoms with Crippen LogP contribution < -0.4 is 5.32 Å². The minimum absolute atomic E-state index is 0.0601. The van der Waals surface area contributed by atoms with Crippen molar-refractivity contribution in [2.45, 2.75) is 26.2 Å². The van der Waals surface area contributed by atoms with E-state index in [9.17, 15) is 14.9 Å². The summed E-state index contributed by atoms with van der Waals surface area (Å²) < 4.78 is 0. The van der Waals surface area contributed by atoms with Gasteiger partial charge in [0.15, 0.2) is 0 Å². The Hall–Kier alpha value is -1.95. The zero-order chi connectivity index (χ0) is 15.9. The number of nitrogens with one attached hydrogen (secondary N) is 1. The number of amides is 1. The van der Waals surface area contributed by atoms with Crippen LogP contribution in [0.15, 0.2) is 24.3 Å². The van der Waals surface area contributed by atoms with Crippen molar-refractivity contribution in [3.05, 3.63) is 39.9 Å². The summed E-state index contributed by atoms with van der Waals surface area (Å²) >= 11 is 0. The lowest BCUT2D eigenvalue weighted by Gasteiger charge is -2.30. The lowest BCUT2D eigenvalue weighted by Crippen LogP contribution is -2.35. The second-order valence-electron chi connectivity index (χ2n) is 5.94. The fraction of sp³-hybridized carbons (Fsp3) is 0.562. The highest BCUT2D eigenvalue weighted by atomic mass is 16.6. The summed E-state index contributed by atoms with van der Waals surface area (Å²) in [6, 6.07) is 5.81. The third-order valence-corrected chi connectivity index (χ3v) is 4.13. The van der Waals surface area contributed by atoms with Gasteiger partial charge in [-0.2, -0.15) is 0 Å². The molecule has 1 aromatic carbocycles. The quantitative estimate of drug-likeness (QED) is 0.497. The molecule has 6 nitrogen and oxygen atoms in total. The zero-order valence-electron chi connectivity index (χ0n) is 13.0. The van der Waals surface area contributed by atoms with Gasteiger partial charge in [-0.3, -0.25) is 14.9 Å². The molecule has 22 heavy (non-hydrogen) atoms. The summed E-state index contributed by atoms with van der Waals surface area (Å²) in [4.78, 5) is 24.6. The predicted octanol–water partition coefficient (Wildman–Crippen LogP) is 2.45. The van der Waals surface area contributed by atoms with Crippen LogP contribution in [0.3, 0.4) is 0 Å².